The Morgan fingerprint density at radius 2 is 2.00 bits per heavy atom. The predicted molar refractivity (Wildman–Crippen MR) is 118 cm³/mol. The maximum absolute atomic E-state index is 14.5. The van der Waals surface area contributed by atoms with Crippen molar-refractivity contribution < 1.29 is 22.3 Å². The Labute approximate surface area is 184 Å². The van der Waals surface area contributed by atoms with E-state index in [-0.39, 0.29) is 23.2 Å². The fourth-order valence-electron chi connectivity index (χ4n) is 3.72. The van der Waals surface area contributed by atoms with Crippen LogP contribution >= 0.6 is 11.3 Å². The van der Waals surface area contributed by atoms with Gasteiger partial charge in [0.2, 0.25) is 0 Å². The number of fused-ring (bicyclic) bond motifs is 1. The van der Waals surface area contributed by atoms with E-state index in [0.717, 1.165) is 24.1 Å². The maximum Gasteiger partial charge on any atom is 0.264 e. The maximum atomic E-state index is 14.5. The number of sulfonamides is 1. The number of hydrogen-bond donors (Lipinski definition) is 1. The van der Waals surface area contributed by atoms with Gasteiger partial charge in [-0.05, 0) is 60.7 Å². The molecule has 0 saturated carbocycles. The van der Waals surface area contributed by atoms with Gasteiger partial charge in [-0.2, -0.15) is 0 Å². The number of anilines is 1. The third-order valence-corrected chi connectivity index (χ3v) is 7.73. The molecule has 0 unspecified atom stereocenters. The highest BCUT2D eigenvalue weighted by molar-refractivity contribution is 7.92. The number of rotatable bonds is 5. The summed E-state index contributed by atoms with van der Waals surface area (Å²) in [6.45, 7) is 2.46. The van der Waals surface area contributed by atoms with E-state index in [1.165, 1.54) is 24.1 Å². The molecule has 9 heteroatoms. The molecule has 1 N–H and O–H groups in total. The lowest BCUT2D eigenvalue weighted by Gasteiger charge is -2.33. The SMILES string of the molecule is COc1ccccc1NS(=O)(=O)c1cc(C(=O)N2CCc3sccc3[C@H]2C)ccc1F. The van der Waals surface area contributed by atoms with Crippen LogP contribution in [0.5, 0.6) is 5.75 Å². The summed E-state index contributed by atoms with van der Waals surface area (Å²) in [6.07, 6.45) is 0.741. The first-order valence-corrected chi connectivity index (χ1v) is 12.0. The van der Waals surface area contributed by atoms with Crippen LogP contribution in [0.15, 0.2) is 58.8 Å². The molecule has 0 radical (unpaired) electrons. The zero-order valence-corrected chi connectivity index (χ0v) is 18.6. The van der Waals surface area contributed by atoms with E-state index in [0.29, 0.717) is 12.3 Å². The molecule has 6 nitrogen and oxygen atoms in total. The van der Waals surface area contributed by atoms with Gasteiger partial charge in [-0.3, -0.25) is 9.52 Å². The number of nitrogens with one attached hydrogen (secondary N) is 1. The van der Waals surface area contributed by atoms with Crippen LogP contribution in [0.1, 0.15) is 33.8 Å². The lowest BCUT2D eigenvalue weighted by atomic mass is 10.0. The zero-order chi connectivity index (χ0) is 22.2. The minimum Gasteiger partial charge on any atom is -0.495 e. The molecule has 1 aliphatic rings. The van der Waals surface area contributed by atoms with E-state index in [2.05, 4.69) is 4.72 Å². The summed E-state index contributed by atoms with van der Waals surface area (Å²) in [6, 6.07) is 11.7. The van der Waals surface area contributed by atoms with Crippen LogP contribution in [0, 0.1) is 5.82 Å². The summed E-state index contributed by atoms with van der Waals surface area (Å²) >= 11 is 1.66. The van der Waals surface area contributed by atoms with Gasteiger partial charge in [-0.25, -0.2) is 12.8 Å². The molecule has 1 aromatic heterocycles. The van der Waals surface area contributed by atoms with Crippen molar-refractivity contribution in [3.05, 3.63) is 75.7 Å². The molecule has 162 valence electrons. The minimum absolute atomic E-state index is 0.118. The predicted octanol–water partition coefficient (Wildman–Crippen LogP) is 4.46. The Bertz CT molecular complexity index is 1240. The van der Waals surface area contributed by atoms with Crippen LogP contribution in [-0.4, -0.2) is 32.9 Å². The normalized spacial score (nSPS) is 16.0. The van der Waals surface area contributed by atoms with Crippen molar-refractivity contribution in [1.82, 2.24) is 4.90 Å². The van der Waals surface area contributed by atoms with E-state index in [1.54, 1.807) is 34.4 Å². The zero-order valence-electron chi connectivity index (χ0n) is 17.0. The van der Waals surface area contributed by atoms with E-state index in [9.17, 15) is 17.6 Å². The van der Waals surface area contributed by atoms with Gasteiger partial charge in [-0.1, -0.05) is 12.1 Å². The Kier molecular flexibility index (Phi) is 5.72. The Morgan fingerprint density at radius 1 is 1.23 bits per heavy atom. The molecule has 0 bridgehead atoms. The van der Waals surface area contributed by atoms with Crippen molar-refractivity contribution in [3.63, 3.8) is 0 Å². The van der Waals surface area contributed by atoms with Gasteiger partial charge in [-0.15, -0.1) is 11.3 Å². The smallest absolute Gasteiger partial charge is 0.264 e. The largest absolute Gasteiger partial charge is 0.495 e. The molecule has 31 heavy (non-hydrogen) atoms. The number of thiophene rings is 1. The van der Waals surface area contributed by atoms with Crippen molar-refractivity contribution in [1.29, 1.82) is 0 Å². The second-order valence-corrected chi connectivity index (χ2v) is 9.83. The van der Waals surface area contributed by atoms with Gasteiger partial charge in [0.1, 0.15) is 16.5 Å². The number of hydrogen-bond acceptors (Lipinski definition) is 5. The van der Waals surface area contributed by atoms with E-state index in [4.69, 9.17) is 4.74 Å². The topological polar surface area (TPSA) is 75.7 Å². The quantitative estimate of drug-likeness (QED) is 0.610. The first-order chi connectivity index (χ1) is 14.8. The average molecular weight is 461 g/mol. The fraction of sp³-hybridized carbons (Fsp3) is 0.227. The lowest BCUT2D eigenvalue weighted by molar-refractivity contribution is 0.0679. The van der Waals surface area contributed by atoms with Gasteiger partial charge in [0.15, 0.2) is 0 Å². The summed E-state index contributed by atoms with van der Waals surface area (Å²) in [5.74, 6) is -0.976. The molecule has 1 aliphatic heterocycles. The van der Waals surface area contributed by atoms with Gasteiger partial charge in [0, 0.05) is 17.0 Å². The number of nitrogens with zero attached hydrogens (tertiary/aromatic N) is 1. The summed E-state index contributed by atoms with van der Waals surface area (Å²) in [5, 5.41) is 2.00. The molecule has 3 aromatic rings. The number of carbonyl (C=O) groups is 1. The van der Waals surface area contributed by atoms with Gasteiger partial charge in [0.25, 0.3) is 15.9 Å². The third kappa shape index (κ3) is 4.03. The number of halogens is 1. The van der Waals surface area contributed by atoms with E-state index in [1.807, 2.05) is 18.4 Å². The van der Waals surface area contributed by atoms with E-state index < -0.39 is 20.7 Å². The first kappa shape index (κ1) is 21.3. The first-order valence-electron chi connectivity index (χ1n) is 9.64. The summed E-state index contributed by atoms with van der Waals surface area (Å²) in [4.78, 5) is 15.5. The van der Waals surface area contributed by atoms with Crippen molar-refractivity contribution in [3.8, 4) is 5.75 Å². The molecule has 1 amide bonds. The third-order valence-electron chi connectivity index (χ3n) is 5.36. The van der Waals surface area contributed by atoms with Gasteiger partial charge >= 0.3 is 0 Å². The Morgan fingerprint density at radius 3 is 2.77 bits per heavy atom. The molecule has 0 saturated heterocycles. The molecule has 2 aromatic carbocycles. The molecule has 4 rings (SSSR count). The molecular weight excluding hydrogens is 439 g/mol. The number of methoxy groups -OCH3 is 1. The number of benzene rings is 2. The monoisotopic (exact) mass is 460 g/mol. The van der Waals surface area contributed by atoms with Crippen LogP contribution < -0.4 is 9.46 Å². The van der Waals surface area contributed by atoms with Crippen molar-refractivity contribution in [2.75, 3.05) is 18.4 Å². The molecular formula is C22H21FN2O4S2. The van der Waals surface area contributed by atoms with Crippen molar-refractivity contribution in [2.45, 2.75) is 24.3 Å². The average Bonchev–Trinajstić information content (AvgIpc) is 3.24. The Hall–Kier alpha value is -2.91. The Balaban J connectivity index is 1.65. The minimum atomic E-state index is -4.29. The van der Waals surface area contributed by atoms with Crippen LogP contribution in [0.4, 0.5) is 10.1 Å². The summed E-state index contributed by atoms with van der Waals surface area (Å²) < 4.78 is 47.8. The molecule has 2 heterocycles. The van der Waals surface area contributed by atoms with Crippen LogP contribution in [0.25, 0.3) is 0 Å². The van der Waals surface area contributed by atoms with Crippen LogP contribution in [0.3, 0.4) is 0 Å². The number of para-hydroxylation sites is 2. The second-order valence-electron chi connectivity index (χ2n) is 7.17. The molecule has 0 spiro atoms. The highest BCUT2D eigenvalue weighted by Gasteiger charge is 2.30. The fourth-order valence-corrected chi connectivity index (χ4v) is 5.86. The number of ether oxygens (including phenoxy) is 1. The standard InChI is InChI=1S/C22H21FN2O4S2/c1-14-16-10-12-30-20(16)9-11-25(14)22(26)15-7-8-17(23)21(13-15)31(27,28)24-18-5-3-4-6-19(18)29-2/h3-8,10,12-14,24H,9,11H2,1-2H3/t14-/m1/s1. The lowest BCUT2D eigenvalue weighted by Crippen LogP contribution is -2.38. The van der Waals surface area contributed by atoms with Gasteiger partial charge < -0.3 is 9.64 Å². The highest BCUT2D eigenvalue weighted by atomic mass is 32.2. The number of amides is 1. The second kappa shape index (κ2) is 8.32. The highest BCUT2D eigenvalue weighted by Crippen LogP contribution is 2.34. The summed E-state index contributed by atoms with van der Waals surface area (Å²) in [5.41, 5.74) is 1.39. The van der Waals surface area contributed by atoms with Crippen molar-refractivity contribution >= 4 is 33.0 Å². The molecule has 0 fully saturated rings. The van der Waals surface area contributed by atoms with Gasteiger partial charge in [0.05, 0.1) is 18.8 Å². The number of carbonyl (C=O) groups excluding carboxylic acids is 1. The summed E-state index contributed by atoms with van der Waals surface area (Å²) in [7, 11) is -2.88. The van der Waals surface area contributed by atoms with Crippen LogP contribution in [0.2, 0.25) is 0 Å². The van der Waals surface area contributed by atoms with Crippen molar-refractivity contribution in [2.24, 2.45) is 0 Å². The van der Waals surface area contributed by atoms with E-state index >= 15 is 0 Å². The van der Waals surface area contributed by atoms with Crippen LogP contribution in [-0.2, 0) is 16.4 Å². The molecule has 1 atom stereocenters. The molecule has 0 aliphatic carbocycles.